The molecule has 4 heteroatoms. The molecule has 0 aliphatic carbocycles. The van der Waals surface area contributed by atoms with E-state index in [2.05, 4.69) is 12.1 Å². The second kappa shape index (κ2) is 6.28. The number of oxime groups is 1. The molecule has 0 unspecified atom stereocenters. The molecule has 4 nitrogen and oxygen atoms in total. The first-order valence-electron chi connectivity index (χ1n) is 6.53. The van der Waals surface area contributed by atoms with Gasteiger partial charge in [0.25, 0.3) is 0 Å². The lowest BCUT2D eigenvalue weighted by Gasteiger charge is -2.18. The van der Waals surface area contributed by atoms with E-state index in [0.717, 1.165) is 29.9 Å². The highest BCUT2D eigenvalue weighted by Gasteiger charge is 2.17. The minimum absolute atomic E-state index is 0.633. The van der Waals surface area contributed by atoms with Crippen LogP contribution in [0.15, 0.2) is 23.4 Å². The van der Waals surface area contributed by atoms with Crippen molar-refractivity contribution in [1.29, 1.82) is 0 Å². The Bertz CT molecular complexity index is 430. The van der Waals surface area contributed by atoms with Gasteiger partial charge in [0.05, 0.1) is 12.3 Å². The van der Waals surface area contributed by atoms with E-state index >= 15 is 0 Å². The summed E-state index contributed by atoms with van der Waals surface area (Å²) in [6.45, 7) is 3.49. The predicted octanol–water partition coefficient (Wildman–Crippen LogP) is 2.96. The average Bonchev–Trinajstić information content (AvgIpc) is 2.38. The van der Waals surface area contributed by atoms with Gasteiger partial charge in [-0.25, -0.2) is 0 Å². The van der Waals surface area contributed by atoms with Crippen LogP contribution in [0.4, 0.5) is 5.69 Å². The zero-order chi connectivity index (χ0) is 12.8. The summed E-state index contributed by atoms with van der Waals surface area (Å²) >= 11 is 0. The van der Waals surface area contributed by atoms with Crippen LogP contribution in [0.3, 0.4) is 0 Å². The average molecular weight is 248 g/mol. The molecule has 0 aromatic heterocycles. The first kappa shape index (κ1) is 12.7. The van der Waals surface area contributed by atoms with Gasteiger partial charge in [-0.15, -0.1) is 0 Å². The Kier molecular flexibility index (Phi) is 4.45. The predicted molar refractivity (Wildman–Crippen MR) is 73.0 cm³/mol. The van der Waals surface area contributed by atoms with Gasteiger partial charge in [-0.05, 0) is 18.6 Å². The number of hydrogen-bond donors (Lipinski definition) is 1. The third kappa shape index (κ3) is 3.15. The maximum absolute atomic E-state index is 5.73. The maximum Gasteiger partial charge on any atom is 0.130 e. The van der Waals surface area contributed by atoms with Gasteiger partial charge in [0.15, 0.2) is 0 Å². The summed E-state index contributed by atoms with van der Waals surface area (Å²) in [4.78, 5) is 5.36. The van der Waals surface area contributed by atoms with Crippen molar-refractivity contribution < 1.29 is 9.57 Å². The van der Waals surface area contributed by atoms with E-state index in [1.807, 2.05) is 18.2 Å². The van der Waals surface area contributed by atoms with E-state index < -0.39 is 0 Å². The number of rotatable bonds is 5. The zero-order valence-corrected chi connectivity index (χ0v) is 10.8. The number of fused-ring (bicyclic) bond motifs is 1. The molecule has 1 aromatic carbocycles. The molecule has 0 atom stereocenters. The van der Waals surface area contributed by atoms with E-state index in [0.29, 0.717) is 18.9 Å². The van der Waals surface area contributed by atoms with Crippen LogP contribution in [0.5, 0.6) is 5.75 Å². The van der Waals surface area contributed by atoms with Gasteiger partial charge in [-0.3, -0.25) is 0 Å². The molecule has 0 bridgehead atoms. The minimum Gasteiger partial charge on any atom is -0.492 e. The van der Waals surface area contributed by atoms with Crippen molar-refractivity contribution in [2.45, 2.75) is 32.6 Å². The summed E-state index contributed by atoms with van der Waals surface area (Å²) in [6.07, 6.45) is 4.21. The van der Waals surface area contributed by atoms with Crippen molar-refractivity contribution in [2.75, 3.05) is 18.9 Å². The van der Waals surface area contributed by atoms with Gasteiger partial charge in [-0.1, -0.05) is 24.9 Å². The molecule has 2 rings (SSSR count). The third-order valence-corrected chi connectivity index (χ3v) is 2.93. The number of nitrogens with zero attached hydrogens (tertiary/aromatic N) is 1. The monoisotopic (exact) mass is 248 g/mol. The van der Waals surface area contributed by atoms with Gasteiger partial charge < -0.3 is 15.3 Å². The first-order chi connectivity index (χ1) is 8.81. The lowest BCUT2D eigenvalue weighted by molar-refractivity contribution is 0.138. The molecule has 1 heterocycles. The molecule has 0 radical (unpaired) electrons. The molecule has 18 heavy (non-hydrogen) atoms. The molecule has 0 amide bonds. The Morgan fingerprint density at radius 1 is 1.39 bits per heavy atom. The molecule has 2 N–H and O–H groups in total. The Morgan fingerprint density at radius 2 is 2.28 bits per heavy atom. The molecular weight excluding hydrogens is 228 g/mol. The normalized spacial score (nSPS) is 16.2. The number of anilines is 1. The van der Waals surface area contributed by atoms with E-state index in [1.165, 1.54) is 12.8 Å². The third-order valence-electron chi connectivity index (χ3n) is 2.93. The lowest BCUT2D eigenvalue weighted by atomic mass is 10.0. The summed E-state index contributed by atoms with van der Waals surface area (Å²) in [7, 11) is 0. The second-order valence-electron chi connectivity index (χ2n) is 4.43. The van der Waals surface area contributed by atoms with E-state index in [1.54, 1.807) is 0 Å². The number of nitrogens with two attached hydrogens (primary N) is 1. The van der Waals surface area contributed by atoms with Gasteiger partial charge in [-0.2, -0.15) is 0 Å². The van der Waals surface area contributed by atoms with Gasteiger partial charge in [0.1, 0.15) is 12.4 Å². The standard InChI is InChI=1S/C14H20N2O2/c1-2-3-4-8-18-16-13-7-9-17-14-10-11(15)5-6-12(13)14/h5-6,10H,2-4,7-9,15H2,1H3/b16-13+. The summed E-state index contributed by atoms with van der Waals surface area (Å²) in [5, 5.41) is 4.22. The number of unbranched alkanes of at least 4 members (excludes halogenated alkanes) is 2. The Hall–Kier alpha value is -1.71. The summed E-state index contributed by atoms with van der Waals surface area (Å²) in [6, 6.07) is 5.64. The van der Waals surface area contributed by atoms with Crippen molar-refractivity contribution in [2.24, 2.45) is 5.16 Å². The van der Waals surface area contributed by atoms with Gasteiger partial charge in [0.2, 0.25) is 0 Å². The topological polar surface area (TPSA) is 56.8 Å². The van der Waals surface area contributed by atoms with Crippen molar-refractivity contribution in [3.05, 3.63) is 23.8 Å². The van der Waals surface area contributed by atoms with Crippen LogP contribution in [-0.4, -0.2) is 18.9 Å². The van der Waals surface area contributed by atoms with E-state index in [4.69, 9.17) is 15.3 Å². The van der Waals surface area contributed by atoms with Crippen molar-refractivity contribution in [3.8, 4) is 5.75 Å². The highest BCUT2D eigenvalue weighted by Crippen LogP contribution is 2.27. The van der Waals surface area contributed by atoms with Crippen molar-refractivity contribution in [1.82, 2.24) is 0 Å². The SMILES string of the molecule is CCCCCO/N=C1\CCOc2cc(N)ccc21. The molecular formula is C14H20N2O2. The first-order valence-corrected chi connectivity index (χ1v) is 6.53. The minimum atomic E-state index is 0.633. The van der Waals surface area contributed by atoms with Crippen molar-refractivity contribution in [3.63, 3.8) is 0 Å². The number of hydrogen-bond acceptors (Lipinski definition) is 4. The Morgan fingerprint density at radius 3 is 3.11 bits per heavy atom. The summed E-state index contributed by atoms with van der Waals surface area (Å²) in [5.74, 6) is 0.803. The number of ether oxygens (including phenoxy) is 1. The van der Waals surface area contributed by atoms with E-state index in [9.17, 15) is 0 Å². The number of nitrogen functional groups attached to an aromatic ring is 1. The van der Waals surface area contributed by atoms with Crippen LogP contribution < -0.4 is 10.5 Å². The molecule has 1 aliphatic heterocycles. The molecule has 1 aliphatic rings. The largest absolute Gasteiger partial charge is 0.492 e. The van der Waals surface area contributed by atoms with Crippen LogP contribution in [0, 0.1) is 0 Å². The van der Waals surface area contributed by atoms with Crippen LogP contribution in [-0.2, 0) is 4.84 Å². The molecule has 98 valence electrons. The fraction of sp³-hybridized carbons (Fsp3) is 0.500. The van der Waals surface area contributed by atoms with Gasteiger partial charge >= 0.3 is 0 Å². The summed E-state index contributed by atoms with van der Waals surface area (Å²) < 4.78 is 5.56. The molecule has 0 saturated heterocycles. The smallest absolute Gasteiger partial charge is 0.130 e. The lowest BCUT2D eigenvalue weighted by Crippen LogP contribution is -2.17. The highest BCUT2D eigenvalue weighted by atomic mass is 16.6. The van der Waals surface area contributed by atoms with E-state index in [-0.39, 0.29) is 0 Å². The quantitative estimate of drug-likeness (QED) is 0.495. The van der Waals surface area contributed by atoms with Crippen molar-refractivity contribution >= 4 is 11.4 Å². The maximum atomic E-state index is 5.73. The molecule has 0 fully saturated rings. The zero-order valence-electron chi connectivity index (χ0n) is 10.8. The Labute approximate surface area is 108 Å². The number of benzene rings is 1. The molecule has 0 spiro atoms. The van der Waals surface area contributed by atoms with Crippen LogP contribution in [0.25, 0.3) is 0 Å². The van der Waals surface area contributed by atoms with Gasteiger partial charge in [0, 0.05) is 23.7 Å². The fourth-order valence-corrected chi connectivity index (χ4v) is 1.92. The van der Waals surface area contributed by atoms with Crippen LogP contribution >= 0.6 is 0 Å². The molecule has 1 aromatic rings. The second-order valence-corrected chi connectivity index (χ2v) is 4.43. The fourth-order valence-electron chi connectivity index (χ4n) is 1.92. The highest BCUT2D eigenvalue weighted by molar-refractivity contribution is 6.03. The van der Waals surface area contributed by atoms with Crippen LogP contribution in [0.2, 0.25) is 0 Å². The van der Waals surface area contributed by atoms with Crippen LogP contribution in [0.1, 0.15) is 38.2 Å². The Balaban J connectivity index is 2.01. The summed E-state index contributed by atoms with van der Waals surface area (Å²) in [5.41, 5.74) is 8.38. The molecule has 0 saturated carbocycles.